The molecule has 2 rings (SSSR count). The van der Waals surface area contributed by atoms with E-state index in [1.54, 1.807) is 11.8 Å². The monoisotopic (exact) mass is 351 g/mol. The molecular weight excluding hydrogens is 330 g/mol. The zero-order valence-electron chi connectivity index (χ0n) is 12.9. The maximum atomic E-state index is 12.6. The van der Waals surface area contributed by atoms with Crippen LogP contribution in [-0.4, -0.2) is 18.2 Å². The quantitative estimate of drug-likeness (QED) is 0.755. The van der Waals surface area contributed by atoms with Crippen molar-refractivity contribution in [2.75, 3.05) is 11.4 Å². The van der Waals surface area contributed by atoms with Gasteiger partial charge in [-0.3, -0.25) is 9.59 Å². The summed E-state index contributed by atoms with van der Waals surface area (Å²) in [6, 6.07) is 3.91. The van der Waals surface area contributed by atoms with Crippen LogP contribution in [0.1, 0.15) is 56.0 Å². The molecule has 1 aromatic carbocycles. The van der Waals surface area contributed by atoms with Crippen LogP contribution in [0.3, 0.4) is 0 Å². The fourth-order valence-corrected chi connectivity index (χ4v) is 3.53. The molecule has 114 valence electrons. The summed E-state index contributed by atoms with van der Waals surface area (Å²) in [4.78, 5) is 26.2. The first-order valence-electron chi connectivity index (χ1n) is 7.60. The van der Waals surface area contributed by atoms with Crippen LogP contribution in [-0.2, 0) is 11.2 Å². The Kier molecular flexibility index (Phi) is 5.20. The van der Waals surface area contributed by atoms with Crippen LogP contribution in [0, 0.1) is 5.92 Å². The predicted molar refractivity (Wildman–Crippen MR) is 88.9 cm³/mol. The average Bonchev–Trinajstić information content (AvgIpc) is 2.45. The molecule has 0 spiro atoms. The van der Waals surface area contributed by atoms with Gasteiger partial charge in [0.1, 0.15) is 0 Å². The smallest absolute Gasteiger partial charge is 0.223 e. The summed E-state index contributed by atoms with van der Waals surface area (Å²) < 4.78 is 0.847. The predicted octanol–water partition coefficient (Wildman–Crippen LogP) is 4.37. The normalized spacial score (nSPS) is 15.5. The molecule has 1 amide bonds. The second-order valence-electron chi connectivity index (χ2n) is 5.79. The Morgan fingerprint density at radius 1 is 1.38 bits per heavy atom. The third kappa shape index (κ3) is 3.37. The first-order valence-corrected chi connectivity index (χ1v) is 8.39. The second kappa shape index (κ2) is 6.73. The molecule has 1 unspecified atom stereocenters. The zero-order chi connectivity index (χ0) is 15.6. The van der Waals surface area contributed by atoms with Crippen molar-refractivity contribution in [2.45, 2.75) is 46.5 Å². The molecule has 0 N–H and O–H groups in total. The Bertz CT molecular complexity index is 568. The Balaban J connectivity index is 2.42. The number of benzene rings is 1. The van der Waals surface area contributed by atoms with Gasteiger partial charge in [-0.25, -0.2) is 0 Å². The van der Waals surface area contributed by atoms with Crippen LogP contribution in [0.15, 0.2) is 16.6 Å². The van der Waals surface area contributed by atoms with E-state index in [0.29, 0.717) is 5.56 Å². The lowest BCUT2D eigenvalue weighted by atomic mass is 9.92. The number of carbonyl (C=O) groups is 2. The summed E-state index contributed by atoms with van der Waals surface area (Å²) in [5.74, 6) is 0.206. The summed E-state index contributed by atoms with van der Waals surface area (Å²) in [6.07, 6.45) is 3.81. The van der Waals surface area contributed by atoms with Crippen LogP contribution in [0.5, 0.6) is 0 Å². The first kappa shape index (κ1) is 16.2. The lowest BCUT2D eigenvalue weighted by Crippen LogP contribution is -2.33. The van der Waals surface area contributed by atoms with Crippen molar-refractivity contribution in [1.82, 2.24) is 0 Å². The third-order valence-electron chi connectivity index (χ3n) is 4.10. The Labute approximate surface area is 134 Å². The largest absolute Gasteiger partial charge is 0.312 e. The minimum absolute atomic E-state index is 0.0127. The highest BCUT2D eigenvalue weighted by Crippen LogP contribution is 2.34. The van der Waals surface area contributed by atoms with Gasteiger partial charge in [-0.1, -0.05) is 36.2 Å². The summed E-state index contributed by atoms with van der Waals surface area (Å²) in [5, 5.41) is 0. The van der Waals surface area contributed by atoms with Crippen LogP contribution >= 0.6 is 15.9 Å². The molecule has 0 saturated carbocycles. The molecular formula is C17H22BrNO2. The van der Waals surface area contributed by atoms with Gasteiger partial charge in [0.2, 0.25) is 5.91 Å². The van der Waals surface area contributed by atoms with E-state index in [1.165, 1.54) is 0 Å². The van der Waals surface area contributed by atoms with Gasteiger partial charge in [-0.2, -0.15) is 0 Å². The minimum atomic E-state index is 0.0127. The summed E-state index contributed by atoms with van der Waals surface area (Å²) in [6.45, 7) is 6.38. The number of nitrogens with zero attached hydrogens (tertiary/aromatic N) is 1. The first-order chi connectivity index (χ1) is 9.95. The number of fused-ring (bicyclic) bond motifs is 1. The minimum Gasteiger partial charge on any atom is -0.312 e. The van der Waals surface area contributed by atoms with Crippen molar-refractivity contribution in [3.8, 4) is 0 Å². The number of ketones is 1. The SMILES string of the molecule is CCCC(C)C(=O)c1cc2c(cc1Br)CCCN2C(C)=O. The Morgan fingerprint density at radius 2 is 2.10 bits per heavy atom. The number of hydrogen-bond donors (Lipinski definition) is 0. The molecule has 1 aliphatic heterocycles. The number of aryl methyl sites for hydroxylation is 1. The fraction of sp³-hybridized carbons (Fsp3) is 0.529. The molecule has 3 nitrogen and oxygen atoms in total. The number of Topliss-reactive ketones (excluding diaryl/α,β-unsaturated/α-hetero) is 1. The molecule has 0 bridgehead atoms. The van der Waals surface area contributed by atoms with E-state index in [1.807, 2.05) is 19.1 Å². The van der Waals surface area contributed by atoms with Crippen molar-refractivity contribution in [3.63, 3.8) is 0 Å². The van der Waals surface area contributed by atoms with E-state index in [2.05, 4.69) is 22.9 Å². The third-order valence-corrected chi connectivity index (χ3v) is 4.76. The van der Waals surface area contributed by atoms with E-state index in [4.69, 9.17) is 0 Å². The highest BCUT2D eigenvalue weighted by Gasteiger charge is 2.24. The van der Waals surface area contributed by atoms with Gasteiger partial charge >= 0.3 is 0 Å². The van der Waals surface area contributed by atoms with Gasteiger partial charge < -0.3 is 4.90 Å². The highest BCUT2D eigenvalue weighted by atomic mass is 79.9. The van der Waals surface area contributed by atoms with E-state index in [0.717, 1.165) is 48.0 Å². The second-order valence-corrected chi connectivity index (χ2v) is 6.64. The van der Waals surface area contributed by atoms with Crippen molar-refractivity contribution in [3.05, 3.63) is 27.7 Å². The van der Waals surface area contributed by atoms with E-state index >= 15 is 0 Å². The van der Waals surface area contributed by atoms with Crippen molar-refractivity contribution < 1.29 is 9.59 Å². The van der Waals surface area contributed by atoms with Gasteiger partial charge in [-0.15, -0.1) is 0 Å². The average molecular weight is 352 g/mol. The van der Waals surface area contributed by atoms with Crippen LogP contribution in [0.4, 0.5) is 5.69 Å². The van der Waals surface area contributed by atoms with Gasteiger partial charge in [0.25, 0.3) is 0 Å². The zero-order valence-corrected chi connectivity index (χ0v) is 14.5. The van der Waals surface area contributed by atoms with Gasteiger partial charge in [0, 0.05) is 35.1 Å². The number of hydrogen-bond acceptors (Lipinski definition) is 2. The molecule has 0 aliphatic carbocycles. The molecule has 1 atom stereocenters. The van der Waals surface area contributed by atoms with Crippen molar-refractivity contribution in [2.24, 2.45) is 5.92 Å². The van der Waals surface area contributed by atoms with Gasteiger partial charge in [0.05, 0.1) is 0 Å². The molecule has 0 radical (unpaired) electrons. The number of amides is 1. The summed E-state index contributed by atoms with van der Waals surface area (Å²) >= 11 is 3.53. The maximum Gasteiger partial charge on any atom is 0.223 e. The molecule has 0 fully saturated rings. The molecule has 0 aromatic heterocycles. The van der Waals surface area contributed by atoms with Crippen molar-refractivity contribution in [1.29, 1.82) is 0 Å². The molecule has 4 heteroatoms. The summed E-state index contributed by atoms with van der Waals surface area (Å²) in [7, 11) is 0. The van der Waals surface area contributed by atoms with Crippen LogP contribution < -0.4 is 4.90 Å². The number of halogens is 1. The van der Waals surface area contributed by atoms with Crippen LogP contribution in [0.2, 0.25) is 0 Å². The lowest BCUT2D eigenvalue weighted by molar-refractivity contribution is -0.116. The number of anilines is 1. The molecule has 1 heterocycles. The van der Waals surface area contributed by atoms with Crippen molar-refractivity contribution >= 4 is 33.3 Å². The highest BCUT2D eigenvalue weighted by molar-refractivity contribution is 9.10. The number of rotatable bonds is 4. The Morgan fingerprint density at radius 3 is 2.71 bits per heavy atom. The molecule has 1 aromatic rings. The molecule has 1 aliphatic rings. The van der Waals surface area contributed by atoms with Crippen LogP contribution in [0.25, 0.3) is 0 Å². The van der Waals surface area contributed by atoms with Gasteiger partial charge in [0.15, 0.2) is 5.78 Å². The Hall–Kier alpha value is -1.16. The lowest BCUT2D eigenvalue weighted by Gasteiger charge is -2.29. The fourth-order valence-electron chi connectivity index (χ4n) is 2.95. The summed E-state index contributed by atoms with van der Waals surface area (Å²) in [5.41, 5.74) is 2.75. The number of carbonyl (C=O) groups excluding carboxylic acids is 2. The van der Waals surface area contributed by atoms with E-state index < -0.39 is 0 Å². The van der Waals surface area contributed by atoms with Gasteiger partial charge in [-0.05, 0) is 37.0 Å². The van der Waals surface area contributed by atoms with E-state index in [-0.39, 0.29) is 17.6 Å². The molecule has 21 heavy (non-hydrogen) atoms. The van der Waals surface area contributed by atoms with E-state index in [9.17, 15) is 9.59 Å². The molecule has 0 saturated heterocycles. The standard InChI is InChI=1S/C17H22BrNO2/c1-4-6-11(2)17(21)14-10-16-13(9-15(14)18)7-5-8-19(16)12(3)20/h9-11H,4-8H2,1-3H3. The topological polar surface area (TPSA) is 37.4 Å². The maximum absolute atomic E-state index is 12.6.